The van der Waals surface area contributed by atoms with E-state index in [4.69, 9.17) is 10.2 Å². The molecule has 71 heavy (non-hydrogen) atoms. The number of aromatic nitrogens is 4. The van der Waals surface area contributed by atoms with E-state index in [2.05, 4.69) is 19.9 Å². The summed E-state index contributed by atoms with van der Waals surface area (Å²) in [6, 6.07) is 8.02. The number of halogens is 12. The van der Waals surface area contributed by atoms with Gasteiger partial charge in [-0.1, -0.05) is 0 Å². The van der Waals surface area contributed by atoms with Crippen LogP contribution in [0.2, 0.25) is 0 Å². The average molecular weight is 1010 g/mol. The third kappa shape index (κ3) is 8.95. The number of nitrogens with zero attached hydrogens (tertiary/aromatic N) is 1. The predicted octanol–water partition coefficient (Wildman–Crippen LogP) is 7.41. The molecule has 3 aromatic carbocycles. The van der Waals surface area contributed by atoms with Gasteiger partial charge in [0.15, 0.2) is 69.8 Å². The Kier molecular flexibility index (Phi) is 14.0. The van der Waals surface area contributed by atoms with E-state index in [1.54, 1.807) is 0 Å². The summed E-state index contributed by atoms with van der Waals surface area (Å²) in [4.78, 5) is 12.5. The van der Waals surface area contributed by atoms with Gasteiger partial charge in [0.05, 0.1) is 77.2 Å². The van der Waals surface area contributed by atoms with Gasteiger partial charge in [-0.15, -0.1) is 0 Å². The smallest absolute Gasteiger partial charge is 0.185 e. The molecule has 0 amide bonds. The Morgan fingerprint density at radius 3 is 1.17 bits per heavy atom. The molecule has 8 bridgehead atoms. The fourth-order valence-corrected chi connectivity index (χ4v) is 7.76. The Morgan fingerprint density at radius 2 is 0.746 bits per heavy atom. The highest BCUT2D eigenvalue weighted by Gasteiger charge is 2.34. The van der Waals surface area contributed by atoms with E-state index in [9.17, 15) is 20.4 Å². The van der Waals surface area contributed by atoms with Crippen molar-refractivity contribution in [1.29, 1.82) is 0 Å². The number of aromatic amines is 3. The number of anilines is 3. The Hall–Kier alpha value is -7.29. The van der Waals surface area contributed by atoms with E-state index in [0.29, 0.717) is 6.08 Å². The molecule has 5 heterocycles. The topological polar surface area (TPSA) is 218 Å². The zero-order valence-electron chi connectivity index (χ0n) is 35.8. The largest absolute Gasteiger partial charge is 0.394 e. The fraction of sp³-hybridized carbons (Fsp3) is 0.196. The molecule has 374 valence electrons. The van der Waals surface area contributed by atoms with Gasteiger partial charge in [0.1, 0.15) is 17.1 Å². The number of hydrogen-bond acceptors (Lipinski definition) is 10. The third-order valence-corrected chi connectivity index (χ3v) is 11.3. The first-order chi connectivity index (χ1) is 33.8. The summed E-state index contributed by atoms with van der Waals surface area (Å²) in [7, 11) is 0. The molecule has 0 fully saturated rings. The summed E-state index contributed by atoms with van der Waals surface area (Å²) >= 11 is 0. The Morgan fingerprint density at radius 1 is 0.408 bits per heavy atom. The average Bonchev–Trinajstić information content (AvgIpc) is 4.21. The Balaban J connectivity index is 1.51. The number of fused-ring (bicyclic) bond motifs is 9. The maximum Gasteiger partial charge on any atom is 0.185 e. The van der Waals surface area contributed by atoms with Crippen molar-refractivity contribution in [3.63, 3.8) is 0 Å². The maximum absolute atomic E-state index is 16.6. The minimum atomic E-state index is -2.22. The molecule has 12 N–H and O–H groups in total. The van der Waals surface area contributed by atoms with Crippen LogP contribution in [0.5, 0.6) is 0 Å². The van der Waals surface area contributed by atoms with E-state index in [1.165, 1.54) is 24.3 Å². The summed E-state index contributed by atoms with van der Waals surface area (Å²) in [5.41, 5.74) is -14.5. The lowest BCUT2D eigenvalue weighted by atomic mass is 9.97. The molecule has 0 unspecified atom stereocenters. The van der Waals surface area contributed by atoms with Crippen molar-refractivity contribution >= 4 is 61.8 Å². The number of nitrogens with one attached hydrogen (secondary N) is 6. The number of rotatable bonds is 15. The van der Waals surface area contributed by atoms with Gasteiger partial charge in [0, 0.05) is 58.4 Å². The minimum Gasteiger partial charge on any atom is -0.394 e. The highest BCUT2D eigenvalue weighted by molar-refractivity contribution is 6.02. The van der Waals surface area contributed by atoms with E-state index in [-0.39, 0.29) is 22.1 Å². The predicted molar refractivity (Wildman–Crippen MR) is 235 cm³/mol. The molecular formula is C46H35F12N7O6. The summed E-state index contributed by atoms with van der Waals surface area (Å²) < 4.78 is 194. The quantitative estimate of drug-likeness (QED) is 0.0361. The summed E-state index contributed by atoms with van der Waals surface area (Å²) in [5, 5.41) is 62.5. The molecule has 0 radical (unpaired) electrons. The van der Waals surface area contributed by atoms with Crippen LogP contribution >= 0.6 is 0 Å². The van der Waals surface area contributed by atoms with Gasteiger partial charge in [-0.3, -0.25) is 0 Å². The van der Waals surface area contributed by atoms with Crippen LogP contribution in [0.1, 0.15) is 17.0 Å². The lowest BCUT2D eigenvalue weighted by Gasteiger charge is -2.16. The van der Waals surface area contributed by atoms with Crippen LogP contribution in [0.4, 0.5) is 69.7 Å². The summed E-state index contributed by atoms with van der Waals surface area (Å²) in [6.07, 6.45) is -4.39. The minimum absolute atomic E-state index is 0.0344. The standard InChI is InChI=1S/C46H35F12N7O6/c47-32-27(33(48)39(54)44(38(32)53)59-9-16(69)12-66)19-8-26-29(31-36(51)42(57)46(43(58)37(31)52)61-11-18(71)14-68)24-6-5-23(64-24)28(22-4-3-21(63-22)20-2-1-15(62-20)7-25(19)65-26)30-34(49)40(55)45(41(56)35(30)50)60-10-17(70)13-67/h1-8,16-18,59-64,66-71H,9-14H2/t16-,17-,18-/m1/s1. The monoisotopic (exact) mass is 1010 g/mol. The SMILES string of the molecule is OC[C@H](O)CNc1c(F)c(F)c(C2=Cc3nc2cc2ccc([nH]2)c2ccc([nH]2)c(-c2c(F)c(F)c(NC[C@@H](O)CO)c(F)c2F)c2ccc([nH]2)c3-c2c(F)c(F)c(NC[C@@H](O)CO)c(F)c2F)c(F)c1F. The lowest BCUT2D eigenvalue weighted by molar-refractivity contribution is 0.105. The van der Waals surface area contributed by atoms with Crippen molar-refractivity contribution in [1.82, 2.24) is 19.9 Å². The van der Waals surface area contributed by atoms with Gasteiger partial charge < -0.3 is 61.5 Å². The van der Waals surface area contributed by atoms with Crippen molar-refractivity contribution in [2.24, 2.45) is 0 Å². The van der Waals surface area contributed by atoms with Crippen LogP contribution in [-0.4, -0.2) is 108 Å². The van der Waals surface area contributed by atoms with Crippen LogP contribution in [0, 0.1) is 69.8 Å². The molecular weight excluding hydrogens is 975 g/mol. The number of hydrogen-bond donors (Lipinski definition) is 12. The Labute approximate surface area is 389 Å². The maximum atomic E-state index is 16.6. The molecule has 0 spiro atoms. The summed E-state index contributed by atoms with van der Waals surface area (Å²) in [5.74, 6) is -25.3. The normalized spacial score (nSPS) is 13.5. The molecule has 0 saturated carbocycles. The molecule has 25 heteroatoms. The van der Waals surface area contributed by atoms with Gasteiger partial charge in [-0.05, 0) is 48.5 Å². The molecule has 8 rings (SSSR count). The zero-order valence-corrected chi connectivity index (χ0v) is 35.8. The molecule has 3 atom stereocenters. The van der Waals surface area contributed by atoms with E-state index in [0.717, 1.165) is 18.2 Å². The summed E-state index contributed by atoms with van der Waals surface area (Å²) in [6.45, 7) is -5.26. The second kappa shape index (κ2) is 19.8. The second-order valence-electron chi connectivity index (χ2n) is 15.9. The van der Waals surface area contributed by atoms with Crippen LogP contribution < -0.4 is 16.0 Å². The number of aliphatic hydroxyl groups is 6. The van der Waals surface area contributed by atoms with E-state index >= 15 is 52.7 Å². The second-order valence-corrected chi connectivity index (χ2v) is 15.9. The molecule has 1 aliphatic heterocycles. The fourth-order valence-electron chi connectivity index (χ4n) is 7.76. The van der Waals surface area contributed by atoms with Crippen molar-refractivity contribution in [3.05, 3.63) is 129 Å². The number of benzene rings is 3. The van der Waals surface area contributed by atoms with Gasteiger partial charge in [-0.25, -0.2) is 57.7 Å². The number of H-pyrrole nitrogens is 3. The zero-order chi connectivity index (χ0) is 51.3. The van der Waals surface area contributed by atoms with Crippen molar-refractivity contribution in [3.8, 4) is 22.3 Å². The van der Waals surface area contributed by atoms with E-state index < -0.39 is 200 Å². The van der Waals surface area contributed by atoms with Crippen molar-refractivity contribution < 1.29 is 83.3 Å². The van der Waals surface area contributed by atoms with Crippen LogP contribution in [-0.2, 0) is 0 Å². The number of aliphatic hydroxyl groups excluding tert-OH is 6. The first-order valence-electron chi connectivity index (χ1n) is 20.8. The van der Waals surface area contributed by atoms with Crippen LogP contribution in [0.25, 0.3) is 67.0 Å². The molecule has 4 aromatic heterocycles. The first-order valence-corrected chi connectivity index (χ1v) is 20.8. The lowest BCUT2D eigenvalue weighted by Crippen LogP contribution is -2.24. The van der Waals surface area contributed by atoms with Gasteiger partial charge in [0.25, 0.3) is 0 Å². The molecule has 1 aliphatic rings. The van der Waals surface area contributed by atoms with E-state index in [1.807, 2.05) is 16.0 Å². The highest BCUT2D eigenvalue weighted by Crippen LogP contribution is 2.44. The molecule has 0 saturated heterocycles. The van der Waals surface area contributed by atoms with Gasteiger partial charge in [-0.2, -0.15) is 0 Å². The van der Waals surface area contributed by atoms with Gasteiger partial charge >= 0.3 is 0 Å². The highest BCUT2D eigenvalue weighted by atomic mass is 19.2. The first kappa shape index (κ1) is 50.1. The van der Waals surface area contributed by atoms with Crippen molar-refractivity contribution in [2.45, 2.75) is 18.3 Å². The van der Waals surface area contributed by atoms with Gasteiger partial charge in [0.2, 0.25) is 0 Å². The third-order valence-electron chi connectivity index (χ3n) is 11.3. The molecule has 7 aromatic rings. The Bertz CT molecular complexity index is 3330. The molecule has 13 nitrogen and oxygen atoms in total. The molecule has 0 aliphatic carbocycles. The van der Waals surface area contributed by atoms with Crippen LogP contribution in [0.15, 0.2) is 42.5 Å². The van der Waals surface area contributed by atoms with Crippen molar-refractivity contribution in [2.75, 3.05) is 55.4 Å². The van der Waals surface area contributed by atoms with Crippen LogP contribution in [0.3, 0.4) is 0 Å².